The van der Waals surface area contributed by atoms with E-state index in [0.717, 1.165) is 18.3 Å². The minimum atomic E-state index is -0.698. The van der Waals surface area contributed by atoms with Crippen LogP contribution in [-0.4, -0.2) is 6.21 Å². The van der Waals surface area contributed by atoms with Crippen LogP contribution in [0.1, 0.15) is 5.56 Å². The Labute approximate surface area is 76.2 Å². The molecule has 2 nitrogen and oxygen atoms in total. The van der Waals surface area contributed by atoms with Crippen molar-refractivity contribution >= 4 is 22.1 Å². The van der Waals surface area contributed by atoms with E-state index in [9.17, 15) is 8.78 Å². The van der Waals surface area contributed by atoms with Crippen LogP contribution < -0.4 is 5.84 Å². The number of halogens is 3. The first-order valence-electron chi connectivity index (χ1n) is 3.03. The lowest BCUT2D eigenvalue weighted by Crippen LogP contribution is -1.96. The zero-order valence-corrected chi connectivity index (χ0v) is 7.48. The van der Waals surface area contributed by atoms with Crippen LogP contribution in [-0.2, 0) is 0 Å². The summed E-state index contributed by atoms with van der Waals surface area (Å²) >= 11 is 2.94. The van der Waals surface area contributed by atoms with Crippen LogP contribution in [0.25, 0.3) is 0 Å². The minimum absolute atomic E-state index is 0.235. The predicted octanol–water partition coefficient (Wildman–Crippen LogP) is 2.02. The van der Waals surface area contributed by atoms with Crippen molar-refractivity contribution in [2.24, 2.45) is 10.9 Å². The van der Waals surface area contributed by atoms with Gasteiger partial charge in [0.1, 0.15) is 11.6 Å². The van der Waals surface area contributed by atoms with Gasteiger partial charge in [-0.05, 0) is 12.1 Å². The number of benzene rings is 1. The number of nitrogens with zero attached hydrogens (tertiary/aromatic N) is 1. The molecule has 2 N–H and O–H groups in total. The zero-order valence-electron chi connectivity index (χ0n) is 5.89. The minimum Gasteiger partial charge on any atom is -0.323 e. The Bertz CT molecular complexity index is 302. The third-order valence-electron chi connectivity index (χ3n) is 1.25. The van der Waals surface area contributed by atoms with Gasteiger partial charge < -0.3 is 5.84 Å². The highest BCUT2D eigenvalue weighted by molar-refractivity contribution is 9.10. The molecule has 1 rings (SSSR count). The lowest BCUT2D eigenvalue weighted by molar-refractivity contribution is 0.578. The molecule has 1 aromatic carbocycles. The number of hydrogen-bond acceptors (Lipinski definition) is 2. The molecule has 12 heavy (non-hydrogen) atoms. The van der Waals surface area contributed by atoms with Gasteiger partial charge >= 0.3 is 0 Å². The third kappa shape index (κ3) is 1.79. The average molecular weight is 235 g/mol. The van der Waals surface area contributed by atoms with Crippen LogP contribution >= 0.6 is 15.9 Å². The van der Waals surface area contributed by atoms with Gasteiger partial charge in [-0.1, -0.05) is 15.9 Å². The van der Waals surface area contributed by atoms with Gasteiger partial charge in [-0.25, -0.2) is 8.78 Å². The quantitative estimate of drug-likeness (QED) is 0.451. The van der Waals surface area contributed by atoms with Crippen LogP contribution in [0.4, 0.5) is 8.78 Å². The largest absolute Gasteiger partial charge is 0.323 e. The summed E-state index contributed by atoms with van der Waals surface area (Å²) in [6.07, 6.45) is 0.928. The number of hydrazone groups is 1. The molecular weight excluding hydrogens is 230 g/mol. The summed E-state index contributed by atoms with van der Waals surface area (Å²) < 4.78 is 26.1. The van der Waals surface area contributed by atoms with Gasteiger partial charge in [-0.2, -0.15) is 5.10 Å². The second-order valence-corrected chi connectivity index (χ2v) is 2.98. The van der Waals surface area contributed by atoms with Gasteiger partial charge in [0.2, 0.25) is 0 Å². The predicted molar refractivity (Wildman–Crippen MR) is 45.8 cm³/mol. The highest BCUT2D eigenvalue weighted by atomic mass is 79.9. The van der Waals surface area contributed by atoms with Crippen LogP contribution in [0.2, 0.25) is 0 Å². The maximum absolute atomic E-state index is 12.9. The number of hydrogen-bond donors (Lipinski definition) is 1. The van der Waals surface area contributed by atoms with Crippen molar-refractivity contribution in [2.75, 3.05) is 0 Å². The maximum atomic E-state index is 12.9. The van der Waals surface area contributed by atoms with Crippen molar-refractivity contribution < 1.29 is 8.78 Å². The van der Waals surface area contributed by atoms with Crippen molar-refractivity contribution in [1.29, 1.82) is 0 Å². The molecule has 0 aliphatic heterocycles. The normalized spacial score (nSPS) is 10.9. The molecule has 0 fully saturated rings. The van der Waals surface area contributed by atoms with E-state index >= 15 is 0 Å². The molecule has 0 unspecified atom stereocenters. The van der Waals surface area contributed by atoms with Crippen molar-refractivity contribution in [1.82, 2.24) is 0 Å². The van der Waals surface area contributed by atoms with Crippen molar-refractivity contribution in [3.8, 4) is 0 Å². The molecule has 0 bridgehead atoms. The van der Waals surface area contributed by atoms with Gasteiger partial charge in [0.25, 0.3) is 0 Å². The van der Waals surface area contributed by atoms with E-state index in [1.54, 1.807) is 0 Å². The molecule has 64 valence electrons. The van der Waals surface area contributed by atoms with E-state index in [1.165, 1.54) is 0 Å². The summed E-state index contributed by atoms with van der Waals surface area (Å²) in [4.78, 5) is 0. The number of rotatable bonds is 1. The molecule has 0 aliphatic carbocycles. The molecule has 0 aromatic heterocycles. The van der Waals surface area contributed by atoms with Crippen LogP contribution in [0.15, 0.2) is 21.7 Å². The molecule has 0 amide bonds. The second-order valence-electron chi connectivity index (χ2n) is 2.06. The Morgan fingerprint density at radius 1 is 1.33 bits per heavy atom. The summed E-state index contributed by atoms with van der Waals surface area (Å²) in [5.41, 5.74) is -0.235. The molecular formula is C7H5BrF2N2. The highest BCUT2D eigenvalue weighted by Gasteiger charge is 2.07. The number of nitrogens with two attached hydrogens (primary N) is 1. The van der Waals surface area contributed by atoms with Crippen LogP contribution in [0.5, 0.6) is 0 Å². The van der Waals surface area contributed by atoms with E-state index in [-0.39, 0.29) is 5.56 Å². The Balaban J connectivity index is 3.28. The lowest BCUT2D eigenvalue weighted by Gasteiger charge is -1.98. The molecule has 0 heterocycles. The molecule has 5 heteroatoms. The topological polar surface area (TPSA) is 38.4 Å². The van der Waals surface area contributed by atoms with E-state index < -0.39 is 11.6 Å². The standard InChI is InChI=1S/C7H5BrF2N2/c8-4-1-6(9)5(3-12-11)7(10)2-4/h1-3H,11H2/b12-3+. The summed E-state index contributed by atoms with van der Waals surface area (Å²) in [7, 11) is 0. The summed E-state index contributed by atoms with van der Waals surface area (Å²) in [6, 6.07) is 2.28. The zero-order chi connectivity index (χ0) is 9.14. The molecule has 0 aliphatic rings. The maximum Gasteiger partial charge on any atom is 0.136 e. The fraction of sp³-hybridized carbons (Fsp3) is 0. The van der Waals surface area contributed by atoms with E-state index in [1.807, 2.05) is 0 Å². The first-order chi connectivity index (χ1) is 5.65. The smallest absolute Gasteiger partial charge is 0.136 e. The van der Waals surface area contributed by atoms with Crippen molar-refractivity contribution in [2.45, 2.75) is 0 Å². The third-order valence-corrected chi connectivity index (χ3v) is 1.71. The van der Waals surface area contributed by atoms with Gasteiger partial charge in [-0.15, -0.1) is 0 Å². The van der Waals surface area contributed by atoms with E-state index in [0.29, 0.717) is 4.47 Å². The van der Waals surface area contributed by atoms with E-state index in [2.05, 4.69) is 21.0 Å². The van der Waals surface area contributed by atoms with Crippen molar-refractivity contribution in [3.63, 3.8) is 0 Å². The molecule has 0 radical (unpaired) electrons. The lowest BCUT2D eigenvalue weighted by atomic mass is 10.2. The Kier molecular flexibility index (Phi) is 2.75. The Morgan fingerprint density at radius 2 is 1.83 bits per heavy atom. The average Bonchev–Trinajstić information content (AvgIpc) is 1.96. The van der Waals surface area contributed by atoms with Gasteiger partial charge in [0.05, 0.1) is 11.8 Å². The molecule has 0 spiro atoms. The SMILES string of the molecule is N/N=C/c1c(F)cc(Br)cc1F. The Morgan fingerprint density at radius 3 is 2.25 bits per heavy atom. The first kappa shape index (κ1) is 9.12. The van der Waals surface area contributed by atoms with Gasteiger partial charge in [0, 0.05) is 4.47 Å². The molecule has 0 saturated carbocycles. The van der Waals surface area contributed by atoms with E-state index in [4.69, 9.17) is 5.84 Å². The summed E-state index contributed by atoms with van der Waals surface area (Å²) in [5.74, 6) is 3.36. The second kappa shape index (κ2) is 3.62. The van der Waals surface area contributed by atoms with Crippen molar-refractivity contribution in [3.05, 3.63) is 33.8 Å². The molecule has 1 aromatic rings. The summed E-state index contributed by atoms with van der Waals surface area (Å²) in [5, 5.41) is 3.04. The van der Waals surface area contributed by atoms with Crippen LogP contribution in [0, 0.1) is 11.6 Å². The molecule has 0 atom stereocenters. The van der Waals surface area contributed by atoms with Crippen LogP contribution in [0.3, 0.4) is 0 Å². The Hall–Kier alpha value is -0.970. The summed E-state index contributed by atoms with van der Waals surface area (Å²) in [6.45, 7) is 0. The fourth-order valence-corrected chi connectivity index (χ4v) is 1.15. The fourth-order valence-electron chi connectivity index (χ4n) is 0.751. The molecule has 0 saturated heterocycles. The highest BCUT2D eigenvalue weighted by Crippen LogP contribution is 2.17. The van der Waals surface area contributed by atoms with Gasteiger partial charge in [0.15, 0.2) is 0 Å². The van der Waals surface area contributed by atoms with Gasteiger partial charge in [-0.3, -0.25) is 0 Å². The monoisotopic (exact) mass is 234 g/mol. The first-order valence-corrected chi connectivity index (χ1v) is 3.82.